The Kier molecular flexibility index (Phi) is 2.45. The van der Waals surface area contributed by atoms with Crippen molar-refractivity contribution in [1.82, 2.24) is 0 Å². The van der Waals surface area contributed by atoms with Gasteiger partial charge in [0.2, 0.25) is 0 Å². The van der Waals surface area contributed by atoms with Gasteiger partial charge in [-0.15, -0.1) is 0 Å². The van der Waals surface area contributed by atoms with E-state index in [9.17, 15) is 8.78 Å². The highest BCUT2D eigenvalue weighted by Crippen LogP contribution is 2.19. The summed E-state index contributed by atoms with van der Waals surface area (Å²) in [6.45, 7) is 1.83. The van der Waals surface area contributed by atoms with Crippen molar-refractivity contribution in [2.24, 2.45) is 0 Å². The zero-order chi connectivity index (χ0) is 8.43. The molecule has 0 heterocycles. The molecule has 1 aromatic carbocycles. The first-order valence-corrected chi connectivity index (χ1v) is 3.66. The predicted molar refractivity (Wildman–Crippen MR) is 40.7 cm³/mol. The fourth-order valence-electron chi connectivity index (χ4n) is 0.835. The van der Waals surface area contributed by atoms with E-state index in [4.69, 9.17) is 11.6 Å². The first kappa shape index (κ1) is 8.47. The molecule has 0 spiro atoms. The van der Waals surface area contributed by atoms with Crippen LogP contribution < -0.4 is 0 Å². The van der Waals surface area contributed by atoms with E-state index in [1.165, 1.54) is 0 Å². The Balaban J connectivity index is 3.21. The van der Waals surface area contributed by atoms with E-state index in [2.05, 4.69) is 0 Å². The Morgan fingerprint density at radius 1 is 1.27 bits per heavy atom. The molecule has 0 fully saturated rings. The highest BCUT2D eigenvalue weighted by Gasteiger charge is 2.05. The fraction of sp³-hybridized carbons (Fsp3) is 0.250. The minimum absolute atomic E-state index is 0.284. The molecule has 0 aliphatic carbocycles. The van der Waals surface area contributed by atoms with Gasteiger partial charge in [0.15, 0.2) is 11.6 Å². The summed E-state index contributed by atoms with van der Waals surface area (Å²) in [7, 11) is 0. The molecule has 0 saturated heterocycles. The van der Waals surface area contributed by atoms with Crippen LogP contribution >= 0.6 is 11.6 Å². The van der Waals surface area contributed by atoms with Crippen molar-refractivity contribution in [1.29, 1.82) is 0 Å². The van der Waals surface area contributed by atoms with Crippen molar-refractivity contribution in [2.45, 2.75) is 13.3 Å². The van der Waals surface area contributed by atoms with E-state index < -0.39 is 11.6 Å². The lowest BCUT2D eigenvalue weighted by molar-refractivity contribution is 0.507. The van der Waals surface area contributed by atoms with E-state index in [-0.39, 0.29) is 5.02 Å². The zero-order valence-electron chi connectivity index (χ0n) is 6.00. The summed E-state index contributed by atoms with van der Waals surface area (Å²) < 4.78 is 24.9. The van der Waals surface area contributed by atoms with Gasteiger partial charge in [0, 0.05) is 5.02 Å². The topological polar surface area (TPSA) is 0 Å². The Morgan fingerprint density at radius 3 is 2.36 bits per heavy atom. The molecule has 0 radical (unpaired) electrons. The average Bonchev–Trinajstić information content (AvgIpc) is 1.97. The summed E-state index contributed by atoms with van der Waals surface area (Å²) in [4.78, 5) is 0. The molecule has 0 atom stereocenters. The van der Waals surface area contributed by atoms with Gasteiger partial charge in [-0.1, -0.05) is 18.5 Å². The van der Waals surface area contributed by atoms with Gasteiger partial charge in [-0.25, -0.2) is 8.78 Å². The first-order valence-electron chi connectivity index (χ1n) is 3.28. The summed E-state index contributed by atoms with van der Waals surface area (Å²) in [6.07, 6.45) is 0.607. The van der Waals surface area contributed by atoms with Crippen LogP contribution in [0.15, 0.2) is 12.1 Å². The minimum Gasteiger partial charge on any atom is -0.204 e. The highest BCUT2D eigenvalue weighted by atomic mass is 35.5. The van der Waals surface area contributed by atoms with Crippen LogP contribution in [0, 0.1) is 11.6 Å². The summed E-state index contributed by atoms with van der Waals surface area (Å²) in [5.41, 5.74) is 0.630. The SMILES string of the molecule is CCc1cc(F)c(F)cc1Cl. The Hall–Kier alpha value is -0.630. The second-order valence-electron chi connectivity index (χ2n) is 2.21. The van der Waals surface area contributed by atoms with Crippen LogP contribution in [-0.2, 0) is 6.42 Å². The molecule has 0 aliphatic rings. The lowest BCUT2D eigenvalue weighted by Crippen LogP contribution is -1.89. The molecule has 0 bridgehead atoms. The highest BCUT2D eigenvalue weighted by molar-refractivity contribution is 6.31. The van der Waals surface area contributed by atoms with Gasteiger partial charge in [-0.3, -0.25) is 0 Å². The number of aryl methyl sites for hydroxylation is 1. The molecular formula is C8H7ClF2. The quantitative estimate of drug-likeness (QED) is 0.577. The van der Waals surface area contributed by atoms with Gasteiger partial charge in [0.1, 0.15) is 0 Å². The van der Waals surface area contributed by atoms with Gasteiger partial charge in [0.25, 0.3) is 0 Å². The fourth-order valence-corrected chi connectivity index (χ4v) is 1.12. The number of hydrogen-bond acceptors (Lipinski definition) is 0. The van der Waals surface area contributed by atoms with E-state index in [0.717, 1.165) is 12.1 Å². The Bertz CT molecular complexity index is 271. The van der Waals surface area contributed by atoms with E-state index in [1.54, 1.807) is 0 Å². The van der Waals surface area contributed by atoms with Crippen LogP contribution in [0.5, 0.6) is 0 Å². The van der Waals surface area contributed by atoms with Gasteiger partial charge < -0.3 is 0 Å². The predicted octanol–water partition coefficient (Wildman–Crippen LogP) is 3.18. The number of rotatable bonds is 1. The molecule has 0 unspecified atom stereocenters. The molecule has 0 N–H and O–H groups in total. The van der Waals surface area contributed by atoms with Gasteiger partial charge >= 0.3 is 0 Å². The molecule has 0 nitrogen and oxygen atoms in total. The molecule has 0 aliphatic heterocycles. The summed E-state index contributed by atoms with van der Waals surface area (Å²) in [5.74, 6) is -1.74. The third-order valence-corrected chi connectivity index (χ3v) is 1.82. The van der Waals surface area contributed by atoms with Crippen LogP contribution in [0.1, 0.15) is 12.5 Å². The second kappa shape index (κ2) is 3.18. The van der Waals surface area contributed by atoms with Crippen LogP contribution in [0.25, 0.3) is 0 Å². The van der Waals surface area contributed by atoms with Crippen molar-refractivity contribution >= 4 is 11.6 Å². The lowest BCUT2D eigenvalue weighted by Gasteiger charge is -2.00. The third-order valence-electron chi connectivity index (χ3n) is 1.47. The maximum absolute atomic E-state index is 12.5. The second-order valence-corrected chi connectivity index (χ2v) is 2.62. The molecule has 1 aromatic rings. The van der Waals surface area contributed by atoms with Crippen molar-refractivity contribution in [3.63, 3.8) is 0 Å². The summed E-state index contributed by atoms with van der Waals surface area (Å²) in [6, 6.07) is 2.12. The molecule has 1 rings (SSSR count). The Morgan fingerprint density at radius 2 is 1.82 bits per heavy atom. The van der Waals surface area contributed by atoms with Crippen LogP contribution in [0.2, 0.25) is 5.02 Å². The molecule has 0 amide bonds. The maximum Gasteiger partial charge on any atom is 0.160 e. The largest absolute Gasteiger partial charge is 0.204 e. The van der Waals surface area contributed by atoms with Gasteiger partial charge in [-0.05, 0) is 24.1 Å². The molecule has 0 saturated carbocycles. The number of hydrogen-bond donors (Lipinski definition) is 0. The average molecular weight is 177 g/mol. The molecule has 3 heteroatoms. The van der Waals surface area contributed by atoms with Crippen LogP contribution in [0.3, 0.4) is 0 Å². The van der Waals surface area contributed by atoms with Gasteiger partial charge in [-0.2, -0.15) is 0 Å². The first-order chi connectivity index (χ1) is 5.15. The smallest absolute Gasteiger partial charge is 0.160 e. The van der Waals surface area contributed by atoms with E-state index in [0.29, 0.717) is 12.0 Å². The Labute approximate surface area is 68.8 Å². The molecule has 60 valence electrons. The maximum atomic E-state index is 12.5. The van der Waals surface area contributed by atoms with Crippen LogP contribution in [0.4, 0.5) is 8.78 Å². The minimum atomic E-state index is -0.896. The van der Waals surface area contributed by atoms with Crippen molar-refractivity contribution in [2.75, 3.05) is 0 Å². The molecule has 0 aromatic heterocycles. The van der Waals surface area contributed by atoms with Crippen molar-refractivity contribution in [3.05, 3.63) is 34.4 Å². The van der Waals surface area contributed by atoms with Gasteiger partial charge in [0.05, 0.1) is 0 Å². The summed E-state index contributed by atoms with van der Waals surface area (Å²) in [5, 5.41) is 0.284. The van der Waals surface area contributed by atoms with Crippen LogP contribution in [-0.4, -0.2) is 0 Å². The lowest BCUT2D eigenvalue weighted by atomic mass is 10.1. The van der Waals surface area contributed by atoms with Crippen molar-refractivity contribution < 1.29 is 8.78 Å². The van der Waals surface area contributed by atoms with Crippen molar-refractivity contribution in [3.8, 4) is 0 Å². The van der Waals surface area contributed by atoms with E-state index in [1.807, 2.05) is 6.92 Å². The zero-order valence-corrected chi connectivity index (χ0v) is 6.75. The molecular weight excluding hydrogens is 170 g/mol. The summed E-state index contributed by atoms with van der Waals surface area (Å²) >= 11 is 5.59. The normalized spacial score (nSPS) is 10.2. The number of benzene rings is 1. The molecule has 11 heavy (non-hydrogen) atoms. The standard InChI is InChI=1S/C8H7ClF2/c1-2-5-3-7(10)8(11)4-6(5)9/h3-4H,2H2,1H3. The third kappa shape index (κ3) is 1.69. The number of halogens is 3. The van der Waals surface area contributed by atoms with E-state index >= 15 is 0 Å². The monoisotopic (exact) mass is 176 g/mol.